The molecule has 166 valence electrons. The van der Waals surface area contributed by atoms with E-state index < -0.39 is 5.97 Å². The Kier molecular flexibility index (Phi) is 5.70. The van der Waals surface area contributed by atoms with Gasteiger partial charge in [-0.25, -0.2) is 9.48 Å². The van der Waals surface area contributed by atoms with Gasteiger partial charge >= 0.3 is 5.97 Å². The normalized spacial score (nSPS) is 11.2. The van der Waals surface area contributed by atoms with Gasteiger partial charge in [0.25, 0.3) is 5.56 Å². The first-order valence-electron chi connectivity index (χ1n) is 10.4. The zero-order valence-electron chi connectivity index (χ0n) is 18.5. The first-order valence-corrected chi connectivity index (χ1v) is 10.4. The molecule has 1 aromatic heterocycles. The SMILES string of the molecule is Cc1ccc(-n2[nH]c(C)c(C=Nc3cccc(-c4cccc(C(=O)O)c4)c3O)c2=O)cc1C. The lowest BCUT2D eigenvalue weighted by atomic mass is 10.0. The van der Waals surface area contributed by atoms with E-state index >= 15 is 0 Å². The van der Waals surface area contributed by atoms with Gasteiger partial charge in [0.15, 0.2) is 0 Å². The number of carbonyl (C=O) groups is 1. The number of benzene rings is 3. The smallest absolute Gasteiger partial charge is 0.335 e. The molecular formula is C26H23N3O4. The van der Waals surface area contributed by atoms with Gasteiger partial charge in [-0.1, -0.05) is 30.3 Å². The number of nitrogens with zero attached hydrogens (tertiary/aromatic N) is 2. The maximum absolute atomic E-state index is 13.0. The molecule has 1 heterocycles. The van der Waals surface area contributed by atoms with Crippen molar-refractivity contribution in [2.45, 2.75) is 20.8 Å². The molecule has 4 aromatic rings. The number of hydrogen-bond donors (Lipinski definition) is 3. The van der Waals surface area contributed by atoms with Crippen LogP contribution < -0.4 is 5.56 Å². The molecule has 33 heavy (non-hydrogen) atoms. The van der Waals surface area contributed by atoms with E-state index in [1.807, 2.05) is 32.0 Å². The summed E-state index contributed by atoms with van der Waals surface area (Å²) < 4.78 is 1.47. The minimum atomic E-state index is -1.05. The lowest BCUT2D eigenvalue weighted by molar-refractivity contribution is 0.0697. The van der Waals surface area contributed by atoms with Gasteiger partial charge in [0.05, 0.1) is 16.8 Å². The molecule has 3 N–H and O–H groups in total. The van der Waals surface area contributed by atoms with Gasteiger partial charge in [0.2, 0.25) is 0 Å². The van der Waals surface area contributed by atoms with E-state index in [1.54, 1.807) is 37.3 Å². The van der Waals surface area contributed by atoms with Gasteiger partial charge in [-0.15, -0.1) is 0 Å². The van der Waals surface area contributed by atoms with E-state index in [0.29, 0.717) is 22.4 Å². The number of phenols is 1. The van der Waals surface area contributed by atoms with E-state index in [1.165, 1.54) is 23.0 Å². The fourth-order valence-electron chi connectivity index (χ4n) is 3.58. The van der Waals surface area contributed by atoms with Gasteiger partial charge in [-0.05, 0) is 67.8 Å². The molecule has 0 amide bonds. The molecular weight excluding hydrogens is 418 g/mol. The fourth-order valence-corrected chi connectivity index (χ4v) is 3.58. The summed E-state index contributed by atoms with van der Waals surface area (Å²) in [6, 6.07) is 17.1. The number of aliphatic imine (C=N–C) groups is 1. The van der Waals surface area contributed by atoms with Crippen LogP contribution in [0.1, 0.15) is 32.7 Å². The number of hydrogen-bond acceptors (Lipinski definition) is 4. The molecule has 7 nitrogen and oxygen atoms in total. The number of aromatic nitrogens is 2. The van der Waals surface area contributed by atoms with Crippen LogP contribution in [-0.4, -0.2) is 32.2 Å². The van der Waals surface area contributed by atoms with E-state index in [-0.39, 0.29) is 22.6 Å². The zero-order valence-corrected chi connectivity index (χ0v) is 18.5. The van der Waals surface area contributed by atoms with E-state index in [4.69, 9.17) is 0 Å². The third-order valence-corrected chi connectivity index (χ3v) is 5.63. The summed E-state index contributed by atoms with van der Waals surface area (Å²) >= 11 is 0. The number of carboxylic acids is 1. The molecule has 0 saturated heterocycles. The number of aromatic hydroxyl groups is 1. The number of phenolic OH excluding ortho intramolecular Hbond substituents is 1. The number of aromatic amines is 1. The quantitative estimate of drug-likeness (QED) is 0.382. The molecule has 0 aliphatic rings. The molecule has 0 aliphatic carbocycles. The summed E-state index contributed by atoms with van der Waals surface area (Å²) in [6.07, 6.45) is 1.43. The van der Waals surface area contributed by atoms with Crippen LogP contribution in [0.3, 0.4) is 0 Å². The Bertz CT molecular complexity index is 1460. The second-order valence-electron chi connectivity index (χ2n) is 7.88. The van der Waals surface area contributed by atoms with Crippen LogP contribution in [0.25, 0.3) is 16.8 Å². The maximum atomic E-state index is 13.0. The highest BCUT2D eigenvalue weighted by Gasteiger charge is 2.13. The lowest BCUT2D eigenvalue weighted by Gasteiger charge is -2.08. The number of aromatic carboxylic acids is 1. The first-order chi connectivity index (χ1) is 15.8. The minimum Gasteiger partial charge on any atom is -0.505 e. The summed E-state index contributed by atoms with van der Waals surface area (Å²) in [5.74, 6) is -1.15. The monoisotopic (exact) mass is 441 g/mol. The Morgan fingerprint density at radius 2 is 1.76 bits per heavy atom. The second-order valence-corrected chi connectivity index (χ2v) is 7.88. The molecule has 0 fully saturated rings. The predicted molar refractivity (Wildman–Crippen MR) is 128 cm³/mol. The highest BCUT2D eigenvalue weighted by atomic mass is 16.4. The summed E-state index contributed by atoms with van der Waals surface area (Å²) in [4.78, 5) is 28.6. The Morgan fingerprint density at radius 3 is 2.48 bits per heavy atom. The van der Waals surface area contributed by atoms with Crippen LogP contribution in [0.15, 0.2) is 70.5 Å². The molecule has 0 unspecified atom stereocenters. The van der Waals surface area contributed by atoms with E-state index in [9.17, 15) is 19.8 Å². The van der Waals surface area contributed by atoms with E-state index in [0.717, 1.165) is 16.8 Å². The van der Waals surface area contributed by atoms with Crippen molar-refractivity contribution >= 4 is 17.9 Å². The Hall–Kier alpha value is -4.39. The number of para-hydroxylation sites is 1. The van der Waals surface area contributed by atoms with Gasteiger partial charge in [-0.2, -0.15) is 0 Å². The Morgan fingerprint density at radius 1 is 1.00 bits per heavy atom. The van der Waals surface area contributed by atoms with Crippen molar-refractivity contribution < 1.29 is 15.0 Å². The van der Waals surface area contributed by atoms with Gasteiger partial charge in [-0.3, -0.25) is 14.9 Å². The van der Waals surface area contributed by atoms with Crippen LogP contribution in [0, 0.1) is 20.8 Å². The Balaban J connectivity index is 1.71. The molecule has 0 atom stereocenters. The summed E-state index contributed by atoms with van der Waals surface area (Å²) in [5.41, 5.74) is 5.12. The highest BCUT2D eigenvalue weighted by Crippen LogP contribution is 2.37. The first kappa shape index (κ1) is 21.8. The van der Waals surface area contributed by atoms with Crippen molar-refractivity contribution in [2.24, 2.45) is 4.99 Å². The second kappa shape index (κ2) is 8.63. The maximum Gasteiger partial charge on any atom is 0.335 e. The van der Waals surface area contributed by atoms with Gasteiger partial charge in [0, 0.05) is 17.5 Å². The van der Waals surface area contributed by atoms with Gasteiger partial charge < -0.3 is 10.2 Å². The highest BCUT2D eigenvalue weighted by molar-refractivity contribution is 5.91. The van der Waals surface area contributed by atoms with Crippen molar-refractivity contribution in [1.82, 2.24) is 9.78 Å². The minimum absolute atomic E-state index is 0.0982. The average Bonchev–Trinajstić information content (AvgIpc) is 3.08. The number of nitrogens with one attached hydrogen (secondary N) is 1. The van der Waals surface area contributed by atoms with Crippen molar-refractivity contribution in [3.8, 4) is 22.6 Å². The average molecular weight is 441 g/mol. The molecule has 0 radical (unpaired) electrons. The van der Waals surface area contributed by atoms with Crippen LogP contribution >= 0.6 is 0 Å². The summed E-state index contributed by atoms with van der Waals surface area (Å²) in [6.45, 7) is 5.79. The van der Waals surface area contributed by atoms with Crippen molar-refractivity contribution in [2.75, 3.05) is 0 Å². The van der Waals surface area contributed by atoms with Crippen LogP contribution in [0.2, 0.25) is 0 Å². The molecule has 4 rings (SSSR count). The third-order valence-electron chi connectivity index (χ3n) is 5.63. The summed E-state index contributed by atoms with van der Waals surface area (Å²) in [5, 5.41) is 23.1. The molecule has 0 aliphatic heterocycles. The third kappa shape index (κ3) is 4.21. The molecule has 0 spiro atoms. The number of aryl methyl sites for hydroxylation is 3. The largest absolute Gasteiger partial charge is 0.505 e. The predicted octanol–water partition coefficient (Wildman–Crippen LogP) is 4.91. The number of rotatable bonds is 5. The fraction of sp³-hybridized carbons (Fsp3) is 0.115. The number of carboxylic acid groups (broad SMARTS) is 1. The standard InChI is InChI=1S/C26H23N3O4/c1-15-10-11-20(12-16(15)2)29-25(31)22(17(3)28-29)14-27-23-9-5-8-21(24(23)30)18-6-4-7-19(13-18)26(32)33/h4-14,28,30H,1-3H3,(H,32,33). The molecule has 0 saturated carbocycles. The number of H-pyrrole nitrogens is 1. The molecule has 7 heteroatoms. The molecule has 0 bridgehead atoms. The van der Waals surface area contributed by atoms with Crippen molar-refractivity contribution in [3.63, 3.8) is 0 Å². The van der Waals surface area contributed by atoms with Gasteiger partial charge in [0.1, 0.15) is 11.4 Å². The van der Waals surface area contributed by atoms with Crippen LogP contribution in [0.5, 0.6) is 5.75 Å². The van der Waals surface area contributed by atoms with E-state index in [2.05, 4.69) is 10.1 Å². The van der Waals surface area contributed by atoms with Crippen LogP contribution in [-0.2, 0) is 0 Å². The molecule has 3 aromatic carbocycles. The van der Waals surface area contributed by atoms with Crippen LogP contribution in [0.4, 0.5) is 5.69 Å². The van der Waals surface area contributed by atoms with Crippen molar-refractivity contribution in [1.29, 1.82) is 0 Å². The summed E-state index contributed by atoms with van der Waals surface area (Å²) in [7, 11) is 0. The Labute approximate surface area is 190 Å². The van der Waals surface area contributed by atoms with Crippen molar-refractivity contribution in [3.05, 3.63) is 99.0 Å². The topological polar surface area (TPSA) is 108 Å². The zero-order chi connectivity index (χ0) is 23.7. The lowest BCUT2D eigenvalue weighted by Crippen LogP contribution is -2.17.